The van der Waals surface area contributed by atoms with Crippen molar-refractivity contribution >= 4 is 15.9 Å². The number of carbonyl (C=O) groups excluding carboxylic acids is 1. The lowest BCUT2D eigenvalue weighted by molar-refractivity contribution is 0.0940. The lowest BCUT2D eigenvalue weighted by Crippen LogP contribution is -2.40. The first kappa shape index (κ1) is 16.6. The Balaban J connectivity index is 1.81. The Morgan fingerprint density at radius 1 is 1.25 bits per heavy atom. The molecule has 7 heteroatoms. The minimum absolute atomic E-state index is 0.0528. The van der Waals surface area contributed by atoms with Gasteiger partial charge in [-0.05, 0) is 42.3 Å². The summed E-state index contributed by atoms with van der Waals surface area (Å²) in [5.74, 6) is -0.788. The molecule has 0 radical (unpaired) electrons. The van der Waals surface area contributed by atoms with Gasteiger partial charge in [0.1, 0.15) is 5.82 Å². The highest BCUT2D eigenvalue weighted by molar-refractivity contribution is 7.89. The highest BCUT2D eigenvalue weighted by atomic mass is 32.2. The summed E-state index contributed by atoms with van der Waals surface area (Å²) >= 11 is 0. The van der Waals surface area contributed by atoms with E-state index in [1.807, 2.05) is 12.1 Å². The maximum atomic E-state index is 13.2. The molecule has 0 fully saturated rings. The molecule has 0 saturated heterocycles. The van der Waals surface area contributed by atoms with E-state index < -0.39 is 15.8 Å². The molecule has 1 amide bonds. The Kier molecular flexibility index (Phi) is 4.38. The number of amides is 1. The molecule has 126 valence electrons. The number of hydrogen-bond acceptors (Lipinski definition) is 3. The van der Waals surface area contributed by atoms with Gasteiger partial charge < -0.3 is 5.32 Å². The van der Waals surface area contributed by atoms with Crippen LogP contribution in [-0.4, -0.2) is 27.4 Å². The number of benzene rings is 2. The number of fused-ring (bicyclic) bond motifs is 1. The van der Waals surface area contributed by atoms with Gasteiger partial charge in [0.25, 0.3) is 5.91 Å². The van der Waals surface area contributed by atoms with Crippen molar-refractivity contribution < 1.29 is 17.6 Å². The van der Waals surface area contributed by atoms with Crippen molar-refractivity contribution in [2.45, 2.75) is 17.7 Å². The van der Waals surface area contributed by atoms with Gasteiger partial charge in [0, 0.05) is 24.6 Å². The van der Waals surface area contributed by atoms with Crippen LogP contribution in [0.2, 0.25) is 0 Å². The molecular weight excluding hydrogens is 331 g/mol. The second-order valence-corrected chi connectivity index (χ2v) is 7.49. The van der Waals surface area contributed by atoms with Crippen molar-refractivity contribution in [3.63, 3.8) is 0 Å². The largest absolute Gasteiger partial charge is 0.351 e. The third-order valence-electron chi connectivity index (χ3n) is 4.10. The van der Waals surface area contributed by atoms with Crippen LogP contribution in [0.25, 0.3) is 0 Å². The summed E-state index contributed by atoms with van der Waals surface area (Å²) in [5, 5.41) is 2.76. The summed E-state index contributed by atoms with van der Waals surface area (Å²) in [7, 11) is -3.75. The van der Waals surface area contributed by atoms with Crippen LogP contribution in [0.4, 0.5) is 4.39 Å². The van der Waals surface area contributed by atoms with Gasteiger partial charge in [-0.15, -0.1) is 0 Å². The van der Waals surface area contributed by atoms with Gasteiger partial charge in [0.15, 0.2) is 0 Å². The molecule has 0 saturated carbocycles. The molecule has 2 N–H and O–H groups in total. The van der Waals surface area contributed by atoms with E-state index in [0.29, 0.717) is 17.7 Å². The zero-order valence-electron chi connectivity index (χ0n) is 13.0. The van der Waals surface area contributed by atoms with Crippen molar-refractivity contribution in [2.24, 2.45) is 0 Å². The first-order chi connectivity index (χ1) is 11.4. The highest BCUT2D eigenvalue weighted by Gasteiger charge is 2.26. The second-order valence-electron chi connectivity index (χ2n) is 5.76. The van der Waals surface area contributed by atoms with Crippen LogP contribution in [-0.2, 0) is 10.0 Å². The van der Waals surface area contributed by atoms with Gasteiger partial charge in [0.2, 0.25) is 10.0 Å². The molecule has 1 heterocycles. The Bertz CT molecular complexity index is 896. The predicted molar refractivity (Wildman–Crippen MR) is 87.8 cm³/mol. The first-order valence-corrected chi connectivity index (χ1v) is 9.00. The van der Waals surface area contributed by atoms with Gasteiger partial charge in [-0.3, -0.25) is 4.79 Å². The Morgan fingerprint density at radius 3 is 2.75 bits per heavy atom. The van der Waals surface area contributed by atoms with E-state index in [4.69, 9.17) is 0 Å². The fourth-order valence-electron chi connectivity index (χ4n) is 2.87. The number of sulfonamides is 1. The fraction of sp³-hybridized carbons (Fsp3) is 0.235. The number of aryl methyl sites for hydroxylation is 1. The number of nitrogens with one attached hydrogen (secondary N) is 2. The molecule has 0 aromatic heterocycles. The standard InChI is InChI=1S/C17H17FN2O3S/c1-11-8-13(18)6-7-16(11)24(22,23)20-10-12-9-19-17(21)15-5-3-2-4-14(12)15/h2-8,12,20H,9-10H2,1H3,(H,19,21). The average Bonchev–Trinajstić information content (AvgIpc) is 2.54. The molecule has 0 spiro atoms. The van der Waals surface area contributed by atoms with Gasteiger partial charge in [-0.1, -0.05) is 18.2 Å². The molecule has 2 aromatic rings. The Morgan fingerprint density at radius 2 is 2.00 bits per heavy atom. The van der Waals surface area contributed by atoms with Crippen molar-refractivity contribution in [3.8, 4) is 0 Å². The zero-order chi connectivity index (χ0) is 17.3. The zero-order valence-corrected chi connectivity index (χ0v) is 13.9. The van der Waals surface area contributed by atoms with Crippen molar-refractivity contribution in [1.29, 1.82) is 0 Å². The molecule has 0 bridgehead atoms. The van der Waals surface area contributed by atoms with Crippen molar-refractivity contribution in [2.75, 3.05) is 13.1 Å². The van der Waals surface area contributed by atoms with Gasteiger partial charge in [-0.2, -0.15) is 0 Å². The van der Waals surface area contributed by atoms with Gasteiger partial charge in [-0.25, -0.2) is 17.5 Å². The van der Waals surface area contributed by atoms with Crippen LogP contribution in [0.5, 0.6) is 0 Å². The molecule has 24 heavy (non-hydrogen) atoms. The quantitative estimate of drug-likeness (QED) is 0.887. The van der Waals surface area contributed by atoms with Crippen LogP contribution in [0.1, 0.15) is 27.4 Å². The molecule has 5 nitrogen and oxygen atoms in total. The van der Waals surface area contributed by atoms with Crippen LogP contribution < -0.4 is 10.0 Å². The maximum absolute atomic E-state index is 13.2. The summed E-state index contributed by atoms with van der Waals surface area (Å²) < 4.78 is 40.6. The van der Waals surface area contributed by atoms with E-state index >= 15 is 0 Å². The Hall–Kier alpha value is -2.25. The normalized spacial score (nSPS) is 17.2. The van der Waals surface area contributed by atoms with Crippen molar-refractivity contribution in [3.05, 3.63) is 65.0 Å². The van der Waals surface area contributed by atoms with Gasteiger partial charge >= 0.3 is 0 Å². The number of halogens is 1. The number of hydrogen-bond donors (Lipinski definition) is 2. The van der Waals surface area contributed by atoms with E-state index in [0.717, 1.165) is 11.6 Å². The van der Waals surface area contributed by atoms with E-state index in [-0.39, 0.29) is 23.3 Å². The maximum Gasteiger partial charge on any atom is 0.251 e. The van der Waals surface area contributed by atoms with Crippen molar-refractivity contribution in [1.82, 2.24) is 10.0 Å². The smallest absolute Gasteiger partial charge is 0.251 e. The molecule has 2 aromatic carbocycles. The Labute approximate surface area is 139 Å². The van der Waals surface area contributed by atoms with E-state index in [1.165, 1.54) is 12.1 Å². The average molecular weight is 348 g/mol. The molecule has 0 aliphatic carbocycles. The third kappa shape index (κ3) is 3.18. The molecule has 1 aliphatic rings. The first-order valence-electron chi connectivity index (χ1n) is 7.51. The SMILES string of the molecule is Cc1cc(F)ccc1S(=O)(=O)NCC1CNC(=O)c2ccccc21. The summed E-state index contributed by atoms with van der Waals surface area (Å²) in [6, 6.07) is 10.7. The summed E-state index contributed by atoms with van der Waals surface area (Å²) in [6.07, 6.45) is 0. The molecule has 1 atom stereocenters. The van der Waals surface area contributed by atoms with Crippen LogP contribution in [0, 0.1) is 12.7 Å². The third-order valence-corrected chi connectivity index (χ3v) is 5.68. The monoisotopic (exact) mass is 348 g/mol. The number of carbonyl (C=O) groups is 1. The predicted octanol–water partition coefficient (Wildman–Crippen LogP) is 1.94. The van der Waals surface area contributed by atoms with E-state index in [9.17, 15) is 17.6 Å². The lowest BCUT2D eigenvalue weighted by atomic mass is 9.91. The topological polar surface area (TPSA) is 75.3 Å². The summed E-state index contributed by atoms with van der Waals surface area (Å²) in [4.78, 5) is 11.9. The molecule has 1 aliphatic heterocycles. The summed E-state index contributed by atoms with van der Waals surface area (Å²) in [6.45, 7) is 2.06. The van der Waals surface area contributed by atoms with Crippen LogP contribution in [0.15, 0.2) is 47.4 Å². The van der Waals surface area contributed by atoms with E-state index in [2.05, 4.69) is 10.0 Å². The molecular formula is C17H17FN2O3S. The number of rotatable bonds is 4. The minimum Gasteiger partial charge on any atom is -0.351 e. The summed E-state index contributed by atoms with van der Waals surface area (Å²) in [5.41, 5.74) is 1.73. The minimum atomic E-state index is -3.75. The molecule has 3 rings (SSSR count). The fourth-order valence-corrected chi connectivity index (χ4v) is 4.17. The van der Waals surface area contributed by atoms with Crippen LogP contribution >= 0.6 is 0 Å². The second kappa shape index (κ2) is 6.33. The highest BCUT2D eigenvalue weighted by Crippen LogP contribution is 2.24. The van der Waals surface area contributed by atoms with E-state index in [1.54, 1.807) is 19.1 Å². The van der Waals surface area contributed by atoms with Gasteiger partial charge in [0.05, 0.1) is 4.90 Å². The lowest BCUT2D eigenvalue weighted by Gasteiger charge is -2.26. The molecule has 1 unspecified atom stereocenters. The van der Waals surface area contributed by atoms with Crippen LogP contribution in [0.3, 0.4) is 0 Å².